The van der Waals surface area contributed by atoms with Crippen LogP contribution in [0.2, 0.25) is 0 Å². The first-order chi connectivity index (χ1) is 4.47. The first-order valence-corrected chi connectivity index (χ1v) is 7.26. The number of benzene rings is 1. The quantitative estimate of drug-likeness (QED) is 0.515. The van der Waals surface area contributed by atoms with Crippen molar-refractivity contribution in [2.24, 2.45) is 0 Å². The molecular weight excluding hydrogens is 223 g/mol. The Kier molecular flexibility index (Phi) is 1.45. The molecule has 1 aliphatic heterocycles. The molecule has 0 atom stereocenters. The Bertz CT molecular complexity index is 189. The summed E-state index contributed by atoms with van der Waals surface area (Å²) in [6.07, 6.45) is 0. The van der Waals surface area contributed by atoms with Crippen molar-refractivity contribution in [2.75, 3.05) is 8.86 Å². The fourth-order valence-electron chi connectivity index (χ4n) is 0.847. The normalized spacial score (nSPS) is 19.8. The molecule has 0 aliphatic carbocycles. The van der Waals surface area contributed by atoms with Gasteiger partial charge in [-0.2, -0.15) is 0 Å². The van der Waals surface area contributed by atoms with E-state index in [1.807, 2.05) is 0 Å². The third-order valence-corrected chi connectivity index (χ3v) is 6.06. The van der Waals surface area contributed by atoms with Crippen LogP contribution in [0.15, 0.2) is 30.3 Å². The van der Waals surface area contributed by atoms with Gasteiger partial charge in [0.1, 0.15) is 0 Å². The van der Waals surface area contributed by atoms with Gasteiger partial charge in [-0.3, -0.25) is 0 Å². The van der Waals surface area contributed by atoms with E-state index in [-0.39, 0.29) is 0 Å². The van der Waals surface area contributed by atoms with Gasteiger partial charge in [-0.1, -0.05) is 0 Å². The van der Waals surface area contributed by atoms with Gasteiger partial charge in [0.25, 0.3) is 0 Å². The van der Waals surface area contributed by atoms with Crippen LogP contribution in [-0.4, -0.2) is 8.86 Å². The van der Waals surface area contributed by atoms with E-state index in [0.717, 1.165) is 0 Å². The van der Waals surface area contributed by atoms with E-state index in [1.54, 1.807) is 12.4 Å². The maximum atomic E-state index is 2.29. The third-order valence-electron chi connectivity index (χ3n) is 1.42. The van der Waals surface area contributed by atoms with Crippen LogP contribution in [0.25, 0.3) is 0 Å². The fourth-order valence-corrected chi connectivity index (χ4v) is 5.10. The molecule has 0 bridgehead atoms. The van der Waals surface area contributed by atoms with Gasteiger partial charge < -0.3 is 0 Å². The molecule has 0 unspecified atom stereocenters. The Balaban J connectivity index is 2.29. The van der Waals surface area contributed by atoms with Crippen molar-refractivity contribution in [3.05, 3.63) is 33.9 Å². The van der Waals surface area contributed by atoms with E-state index in [9.17, 15) is 0 Å². The van der Waals surface area contributed by atoms with Crippen LogP contribution in [-0.2, 0) is 0 Å². The molecule has 1 aromatic rings. The summed E-state index contributed by atoms with van der Waals surface area (Å²) in [5, 5.41) is 0. The van der Waals surface area contributed by atoms with E-state index >= 15 is 0 Å². The molecular formula is C8H9I. The molecule has 0 aromatic heterocycles. The minimum atomic E-state index is -0.431. The van der Waals surface area contributed by atoms with Gasteiger partial charge in [-0.25, -0.2) is 0 Å². The fraction of sp³-hybridized carbons (Fsp3) is 0.250. The van der Waals surface area contributed by atoms with Crippen molar-refractivity contribution < 1.29 is 0 Å². The summed E-state index contributed by atoms with van der Waals surface area (Å²) in [6, 6.07) is 11.0. The number of rotatable bonds is 1. The van der Waals surface area contributed by atoms with Crippen LogP contribution < -0.4 is 0 Å². The van der Waals surface area contributed by atoms with Crippen molar-refractivity contribution in [3.8, 4) is 0 Å². The number of halogens is 1. The molecule has 0 amide bonds. The monoisotopic (exact) mass is 232 g/mol. The second-order valence-corrected chi connectivity index (χ2v) is 8.14. The van der Waals surface area contributed by atoms with Gasteiger partial charge in [-0.05, 0) is 0 Å². The number of hydrogen-bond donors (Lipinski definition) is 0. The molecule has 1 fully saturated rings. The van der Waals surface area contributed by atoms with Gasteiger partial charge in [0.15, 0.2) is 0 Å². The van der Waals surface area contributed by atoms with Crippen molar-refractivity contribution in [1.29, 1.82) is 0 Å². The third kappa shape index (κ3) is 1.26. The Morgan fingerprint density at radius 3 is 2.22 bits per heavy atom. The van der Waals surface area contributed by atoms with Crippen molar-refractivity contribution >= 4 is 19.8 Å². The summed E-state index contributed by atoms with van der Waals surface area (Å²) in [5.74, 6) is 0. The zero-order valence-corrected chi connectivity index (χ0v) is 7.34. The maximum absolute atomic E-state index is 2.29. The molecule has 1 heteroatoms. The topological polar surface area (TPSA) is 0 Å². The zero-order chi connectivity index (χ0) is 6.10. The Hall–Kier alpha value is -0.0500. The summed E-state index contributed by atoms with van der Waals surface area (Å²) in [4.78, 5) is 0. The van der Waals surface area contributed by atoms with Crippen LogP contribution in [0.1, 0.15) is 0 Å². The molecule has 1 heterocycles. The molecule has 1 saturated heterocycles. The molecule has 1 aromatic carbocycles. The molecule has 0 saturated carbocycles. The van der Waals surface area contributed by atoms with Gasteiger partial charge >= 0.3 is 62.6 Å². The van der Waals surface area contributed by atoms with Crippen LogP contribution in [0.5, 0.6) is 0 Å². The summed E-state index contributed by atoms with van der Waals surface area (Å²) in [6.45, 7) is 0. The summed E-state index contributed by atoms with van der Waals surface area (Å²) >= 11 is -0.431. The van der Waals surface area contributed by atoms with Crippen molar-refractivity contribution in [2.45, 2.75) is 0 Å². The molecule has 0 radical (unpaired) electrons. The van der Waals surface area contributed by atoms with Gasteiger partial charge in [0.2, 0.25) is 0 Å². The number of hydrogen-bond acceptors (Lipinski definition) is 0. The summed E-state index contributed by atoms with van der Waals surface area (Å²) in [5.41, 5.74) is 0. The molecule has 2 rings (SSSR count). The van der Waals surface area contributed by atoms with Crippen LogP contribution in [0.3, 0.4) is 0 Å². The predicted molar refractivity (Wildman–Crippen MR) is 48.9 cm³/mol. The van der Waals surface area contributed by atoms with Crippen LogP contribution >= 0.6 is 19.8 Å². The van der Waals surface area contributed by atoms with Crippen molar-refractivity contribution in [3.63, 3.8) is 0 Å². The van der Waals surface area contributed by atoms with Crippen LogP contribution in [0, 0.1) is 3.57 Å². The van der Waals surface area contributed by atoms with E-state index in [2.05, 4.69) is 30.3 Å². The summed E-state index contributed by atoms with van der Waals surface area (Å²) in [7, 11) is 0. The molecule has 9 heavy (non-hydrogen) atoms. The van der Waals surface area contributed by atoms with Crippen molar-refractivity contribution in [1.82, 2.24) is 0 Å². The second-order valence-electron chi connectivity index (χ2n) is 2.13. The van der Waals surface area contributed by atoms with Gasteiger partial charge in [0.05, 0.1) is 0 Å². The Morgan fingerprint density at radius 1 is 1.00 bits per heavy atom. The van der Waals surface area contributed by atoms with Crippen LogP contribution in [0.4, 0.5) is 0 Å². The predicted octanol–water partition coefficient (Wildman–Crippen LogP) is 2.38. The SMILES string of the molecule is c1ccc(I2CC2)cc1. The molecule has 0 spiro atoms. The molecule has 1 aliphatic rings. The van der Waals surface area contributed by atoms with E-state index in [4.69, 9.17) is 0 Å². The molecule has 48 valence electrons. The first-order valence-electron chi connectivity index (χ1n) is 3.13. The standard InChI is InChI=1S/C8H9I/c1-2-4-8(5-3-1)9-6-7-9/h1-5H,6-7H2. The van der Waals surface area contributed by atoms with E-state index in [0.29, 0.717) is 0 Å². The summed E-state index contributed by atoms with van der Waals surface area (Å²) < 4.78 is 4.81. The number of alkyl halides is 2. The Labute approximate surface area is 62.7 Å². The van der Waals surface area contributed by atoms with E-state index in [1.165, 1.54) is 0 Å². The van der Waals surface area contributed by atoms with E-state index < -0.39 is 19.8 Å². The zero-order valence-electron chi connectivity index (χ0n) is 5.18. The average molecular weight is 232 g/mol. The van der Waals surface area contributed by atoms with Gasteiger partial charge in [-0.15, -0.1) is 0 Å². The molecule has 0 nitrogen and oxygen atoms in total. The molecule has 0 N–H and O–H groups in total. The van der Waals surface area contributed by atoms with Gasteiger partial charge in [0, 0.05) is 0 Å². The minimum absolute atomic E-state index is 0.431. The Morgan fingerprint density at radius 2 is 1.67 bits per heavy atom. The second kappa shape index (κ2) is 2.29. The first kappa shape index (κ1) is 5.71. The average Bonchev–Trinajstić information content (AvgIpc) is 2.71.